The molecule has 2 N–H and O–H groups in total. The Morgan fingerprint density at radius 1 is 1.06 bits per heavy atom. The minimum Gasteiger partial charge on any atom is -0.331 e. The molecule has 170 valence electrons. The van der Waals surface area contributed by atoms with E-state index in [1.54, 1.807) is 0 Å². The molecule has 3 aliphatic rings. The fourth-order valence-electron chi connectivity index (χ4n) is 4.81. The van der Waals surface area contributed by atoms with E-state index in [2.05, 4.69) is 16.5 Å². The minimum absolute atomic E-state index is 0.0105. The first-order valence-corrected chi connectivity index (χ1v) is 12.2. The summed E-state index contributed by atoms with van der Waals surface area (Å²) in [5.41, 5.74) is 5.36. The number of aryl methyl sites for hydroxylation is 3. The van der Waals surface area contributed by atoms with E-state index in [1.807, 2.05) is 4.72 Å². The fraction of sp³-hybridized carbons (Fsp3) is 0.476. The van der Waals surface area contributed by atoms with Crippen LogP contribution in [-0.4, -0.2) is 54.3 Å². The molecule has 1 saturated heterocycles. The van der Waals surface area contributed by atoms with Crippen LogP contribution in [0.15, 0.2) is 17.2 Å². The SMILES string of the molecule is Cn1nc(S(=O)(=O)NC(=O)Nc2c3c(cc4c2CCC4)CCC3)cc1C(=O)N1CC(F)C1. The summed E-state index contributed by atoms with van der Waals surface area (Å²) >= 11 is 0. The van der Waals surface area contributed by atoms with Crippen LogP contribution in [0.4, 0.5) is 14.9 Å². The van der Waals surface area contributed by atoms with Crippen LogP contribution in [0.25, 0.3) is 0 Å². The summed E-state index contributed by atoms with van der Waals surface area (Å²) in [7, 11) is -2.88. The minimum atomic E-state index is -4.31. The van der Waals surface area contributed by atoms with E-state index in [0.29, 0.717) is 0 Å². The summed E-state index contributed by atoms with van der Waals surface area (Å²) in [5, 5.41) is 6.21. The highest BCUT2D eigenvalue weighted by Gasteiger charge is 2.34. The zero-order chi connectivity index (χ0) is 22.6. The number of sulfonamides is 1. The number of alkyl halides is 1. The van der Waals surface area contributed by atoms with Crippen molar-refractivity contribution < 1.29 is 22.4 Å². The Balaban J connectivity index is 1.35. The van der Waals surface area contributed by atoms with Crippen molar-refractivity contribution in [2.45, 2.75) is 49.7 Å². The van der Waals surface area contributed by atoms with E-state index >= 15 is 0 Å². The molecule has 32 heavy (non-hydrogen) atoms. The van der Waals surface area contributed by atoms with Crippen molar-refractivity contribution in [3.8, 4) is 0 Å². The van der Waals surface area contributed by atoms with Crippen LogP contribution in [-0.2, 0) is 42.8 Å². The molecular weight excluding hydrogens is 437 g/mol. The number of urea groups is 1. The Bertz CT molecular complexity index is 1200. The molecule has 1 aromatic heterocycles. The molecule has 9 nitrogen and oxygen atoms in total. The third-order valence-corrected chi connectivity index (χ3v) is 7.62. The molecule has 0 spiro atoms. The van der Waals surface area contributed by atoms with Gasteiger partial charge in [0.2, 0.25) is 0 Å². The smallest absolute Gasteiger partial charge is 0.331 e. The van der Waals surface area contributed by atoms with Gasteiger partial charge >= 0.3 is 6.03 Å². The molecule has 5 rings (SSSR count). The molecule has 0 radical (unpaired) electrons. The topological polar surface area (TPSA) is 113 Å². The lowest BCUT2D eigenvalue weighted by Crippen LogP contribution is -2.51. The van der Waals surface area contributed by atoms with E-state index in [9.17, 15) is 22.4 Å². The quantitative estimate of drug-likeness (QED) is 0.720. The molecule has 2 heterocycles. The van der Waals surface area contributed by atoms with Gasteiger partial charge in [0.15, 0.2) is 5.03 Å². The maximum absolute atomic E-state index is 13.1. The summed E-state index contributed by atoms with van der Waals surface area (Å²) in [6.45, 7) is -0.0586. The first-order valence-electron chi connectivity index (χ1n) is 10.7. The first kappa shape index (κ1) is 20.9. The molecule has 2 aromatic rings. The number of benzene rings is 1. The molecule has 0 saturated carbocycles. The monoisotopic (exact) mass is 461 g/mol. The Morgan fingerprint density at radius 3 is 2.28 bits per heavy atom. The number of halogens is 1. The molecule has 1 aliphatic heterocycles. The predicted molar refractivity (Wildman–Crippen MR) is 114 cm³/mol. The normalized spacial score (nSPS) is 17.6. The van der Waals surface area contributed by atoms with Gasteiger partial charge in [0, 0.05) is 18.8 Å². The van der Waals surface area contributed by atoms with E-state index in [-0.39, 0.29) is 18.8 Å². The van der Waals surface area contributed by atoms with Crippen LogP contribution < -0.4 is 10.0 Å². The number of nitrogens with one attached hydrogen (secondary N) is 2. The van der Waals surface area contributed by atoms with Gasteiger partial charge in [0.1, 0.15) is 11.9 Å². The highest BCUT2D eigenvalue weighted by atomic mass is 32.2. The fourth-order valence-corrected chi connectivity index (χ4v) is 5.70. The number of fused-ring (bicyclic) bond motifs is 2. The van der Waals surface area contributed by atoms with Gasteiger partial charge in [-0.15, -0.1) is 0 Å². The van der Waals surface area contributed by atoms with Crippen molar-refractivity contribution in [3.63, 3.8) is 0 Å². The van der Waals surface area contributed by atoms with E-state index in [1.165, 1.54) is 23.1 Å². The number of amides is 3. The van der Waals surface area contributed by atoms with Crippen molar-refractivity contribution in [3.05, 3.63) is 40.1 Å². The van der Waals surface area contributed by atoms with Gasteiger partial charge in [-0.1, -0.05) is 6.07 Å². The summed E-state index contributed by atoms with van der Waals surface area (Å²) < 4.78 is 41.7. The van der Waals surface area contributed by atoms with Crippen molar-refractivity contribution in [1.82, 2.24) is 19.4 Å². The summed E-state index contributed by atoms with van der Waals surface area (Å²) in [6.07, 6.45) is 4.58. The molecule has 0 unspecified atom stereocenters. The van der Waals surface area contributed by atoms with Crippen LogP contribution >= 0.6 is 0 Å². The maximum Gasteiger partial charge on any atom is 0.333 e. The number of anilines is 1. The zero-order valence-electron chi connectivity index (χ0n) is 17.6. The second-order valence-corrected chi connectivity index (χ2v) is 10.2. The Labute approximate surface area is 185 Å². The number of rotatable bonds is 4. The Kier molecular flexibility index (Phi) is 4.95. The number of carbonyl (C=O) groups excluding carboxylic acids is 2. The van der Waals surface area contributed by atoms with Gasteiger partial charge in [-0.2, -0.15) is 13.5 Å². The second kappa shape index (κ2) is 7.58. The highest BCUT2D eigenvalue weighted by molar-refractivity contribution is 7.90. The van der Waals surface area contributed by atoms with Crippen LogP contribution in [0.3, 0.4) is 0 Å². The standard InChI is InChI=1S/C21H24FN5O4S/c1-26-17(20(28)27-10-14(22)11-27)9-18(24-26)32(30,31)25-21(29)23-19-15-6-2-4-12(15)8-13-5-3-7-16(13)19/h8-9,14H,2-7,10-11H2,1H3,(H2,23,25,29). The van der Waals surface area contributed by atoms with Crippen LogP contribution in [0.2, 0.25) is 0 Å². The Hall–Kier alpha value is -2.95. The second-order valence-electron chi connectivity index (χ2n) is 8.59. The molecule has 0 bridgehead atoms. The number of hydrogen-bond acceptors (Lipinski definition) is 5. The van der Waals surface area contributed by atoms with Crippen molar-refractivity contribution in [1.29, 1.82) is 0 Å². The largest absolute Gasteiger partial charge is 0.333 e. The molecule has 1 aromatic carbocycles. The number of nitrogens with zero attached hydrogens (tertiary/aromatic N) is 3. The Morgan fingerprint density at radius 2 is 1.69 bits per heavy atom. The first-order chi connectivity index (χ1) is 15.2. The van der Waals surface area contributed by atoms with Crippen molar-refractivity contribution in [2.75, 3.05) is 18.4 Å². The molecule has 2 aliphatic carbocycles. The highest BCUT2D eigenvalue weighted by Crippen LogP contribution is 2.38. The third-order valence-electron chi connectivity index (χ3n) is 6.41. The molecule has 11 heteroatoms. The lowest BCUT2D eigenvalue weighted by Gasteiger charge is -2.34. The summed E-state index contributed by atoms with van der Waals surface area (Å²) in [5.74, 6) is -0.504. The lowest BCUT2D eigenvalue weighted by atomic mass is 9.99. The molecule has 1 fully saturated rings. The van der Waals surface area contributed by atoms with E-state index in [0.717, 1.165) is 66.1 Å². The molecule has 3 amide bonds. The lowest BCUT2D eigenvalue weighted by molar-refractivity contribution is 0.0390. The predicted octanol–water partition coefficient (Wildman–Crippen LogP) is 1.70. The molecular formula is C21H24FN5O4S. The number of hydrogen-bond donors (Lipinski definition) is 2. The van der Waals surface area contributed by atoms with Gasteiger partial charge in [-0.3, -0.25) is 9.48 Å². The number of likely N-dealkylation sites (tertiary alicyclic amines) is 1. The van der Waals surface area contributed by atoms with Gasteiger partial charge in [-0.05, 0) is 60.8 Å². The van der Waals surface area contributed by atoms with Crippen molar-refractivity contribution in [2.24, 2.45) is 7.05 Å². The van der Waals surface area contributed by atoms with Gasteiger partial charge in [0.05, 0.1) is 13.1 Å². The van der Waals surface area contributed by atoms with Gasteiger partial charge < -0.3 is 10.2 Å². The zero-order valence-corrected chi connectivity index (χ0v) is 18.5. The van der Waals surface area contributed by atoms with E-state index < -0.39 is 33.2 Å². The number of carbonyl (C=O) groups is 2. The molecule has 0 atom stereocenters. The van der Waals surface area contributed by atoms with Crippen molar-refractivity contribution >= 4 is 27.6 Å². The van der Waals surface area contributed by atoms with Gasteiger partial charge in [0.25, 0.3) is 15.9 Å². The van der Waals surface area contributed by atoms with Crippen LogP contribution in [0.5, 0.6) is 0 Å². The maximum atomic E-state index is 13.1. The van der Waals surface area contributed by atoms with E-state index in [4.69, 9.17) is 0 Å². The summed E-state index contributed by atoms with van der Waals surface area (Å²) in [6, 6.07) is 2.46. The van der Waals surface area contributed by atoms with Gasteiger partial charge in [-0.25, -0.2) is 13.9 Å². The average molecular weight is 462 g/mol. The third kappa shape index (κ3) is 3.54. The van der Waals surface area contributed by atoms with Crippen LogP contribution in [0.1, 0.15) is 45.6 Å². The average Bonchev–Trinajstić information content (AvgIpc) is 3.43. The summed E-state index contributed by atoms with van der Waals surface area (Å²) in [4.78, 5) is 26.4. The van der Waals surface area contributed by atoms with Crippen LogP contribution in [0, 0.1) is 0 Å². The number of aromatic nitrogens is 2.